The van der Waals surface area contributed by atoms with Gasteiger partial charge in [0.05, 0.1) is 19.3 Å². The van der Waals surface area contributed by atoms with E-state index in [1.54, 1.807) is 31.2 Å². The number of allylic oxidation sites excluding steroid dienone is 3. The summed E-state index contributed by atoms with van der Waals surface area (Å²) in [6, 6.07) is 0. The fraction of sp³-hybridized carbons (Fsp3) is 0.438. The first-order chi connectivity index (χ1) is 9.70. The van der Waals surface area contributed by atoms with Gasteiger partial charge in [0.25, 0.3) is 0 Å². The summed E-state index contributed by atoms with van der Waals surface area (Å²) in [6.45, 7) is 2.45. The van der Waals surface area contributed by atoms with Crippen LogP contribution in [0.25, 0.3) is 0 Å². The van der Waals surface area contributed by atoms with Gasteiger partial charge >= 0.3 is 5.97 Å². The van der Waals surface area contributed by atoms with Gasteiger partial charge in [-0.15, -0.1) is 12.3 Å². The van der Waals surface area contributed by atoms with Crippen LogP contribution in [0.4, 0.5) is 0 Å². The molecule has 0 bridgehead atoms. The molecule has 0 aliphatic carbocycles. The summed E-state index contributed by atoms with van der Waals surface area (Å²) in [4.78, 5) is 10.9. The molecule has 0 amide bonds. The highest BCUT2D eigenvalue weighted by Crippen LogP contribution is 1.91. The Morgan fingerprint density at radius 2 is 2.25 bits per heavy atom. The number of esters is 1. The number of aliphatic hydroxyl groups excluding tert-OH is 1. The number of ether oxygens (including phenoxy) is 2. The molecule has 0 aromatic rings. The predicted octanol–water partition coefficient (Wildman–Crippen LogP) is 1.46. The highest BCUT2D eigenvalue weighted by atomic mass is 16.6. The molecule has 4 heteroatoms. The van der Waals surface area contributed by atoms with E-state index in [4.69, 9.17) is 15.9 Å². The van der Waals surface area contributed by atoms with Crippen LogP contribution in [0.3, 0.4) is 0 Å². The minimum atomic E-state index is -0.617. The molecule has 108 valence electrons. The summed E-state index contributed by atoms with van der Waals surface area (Å²) in [7, 11) is 0. The summed E-state index contributed by atoms with van der Waals surface area (Å²) in [6.07, 6.45) is 11.9. The highest BCUT2D eigenvalue weighted by Gasteiger charge is 1.99. The van der Waals surface area contributed by atoms with Crippen LogP contribution in [0.2, 0.25) is 0 Å². The van der Waals surface area contributed by atoms with E-state index in [1.807, 2.05) is 0 Å². The third kappa shape index (κ3) is 12.4. The van der Waals surface area contributed by atoms with E-state index in [0.717, 1.165) is 0 Å². The molecule has 1 N–H and O–H groups in total. The second-order valence-electron chi connectivity index (χ2n) is 3.65. The zero-order chi connectivity index (χ0) is 15.1. The molecule has 0 saturated heterocycles. The van der Waals surface area contributed by atoms with E-state index < -0.39 is 6.10 Å². The van der Waals surface area contributed by atoms with Crippen molar-refractivity contribution in [2.75, 3.05) is 19.8 Å². The van der Waals surface area contributed by atoms with Crippen molar-refractivity contribution in [2.45, 2.75) is 25.9 Å². The second-order valence-corrected chi connectivity index (χ2v) is 3.65. The molecule has 0 aliphatic heterocycles. The van der Waals surface area contributed by atoms with Crippen molar-refractivity contribution in [3.63, 3.8) is 0 Å². The number of hydrogen-bond donors (Lipinski definition) is 1. The van der Waals surface area contributed by atoms with E-state index in [2.05, 4.69) is 17.8 Å². The molecule has 0 radical (unpaired) electrons. The molecule has 1 atom stereocenters. The Morgan fingerprint density at radius 1 is 1.45 bits per heavy atom. The average molecular weight is 276 g/mol. The van der Waals surface area contributed by atoms with Crippen molar-refractivity contribution < 1.29 is 19.4 Å². The Labute approximate surface area is 120 Å². The smallest absolute Gasteiger partial charge is 0.332 e. The van der Waals surface area contributed by atoms with Crippen molar-refractivity contribution in [1.29, 1.82) is 0 Å². The lowest BCUT2D eigenvalue weighted by molar-refractivity contribution is -0.148. The fourth-order valence-corrected chi connectivity index (χ4v) is 1.10. The number of carbonyl (C=O) groups is 1. The van der Waals surface area contributed by atoms with Crippen LogP contribution in [0.15, 0.2) is 24.3 Å². The zero-order valence-electron chi connectivity index (χ0n) is 11.7. The standard InChI is InChI=1S/C16H20O4/c1-3-11-15(17)12-9-7-5-6-8-10-13-19-14-16(18)20-4-2/h1,5,7,9,12,15,17H,4,10-11,13-14H2,2H3/b7-5+,12-9+/t15-/m1/s1. The van der Waals surface area contributed by atoms with Crippen LogP contribution < -0.4 is 0 Å². The van der Waals surface area contributed by atoms with Crippen LogP contribution in [0.5, 0.6) is 0 Å². The Hall–Kier alpha value is -2.01. The molecule has 0 aliphatic rings. The van der Waals surface area contributed by atoms with Gasteiger partial charge in [0.1, 0.15) is 6.61 Å². The van der Waals surface area contributed by atoms with Crippen LogP contribution in [0.1, 0.15) is 19.8 Å². The van der Waals surface area contributed by atoms with Gasteiger partial charge in [-0.2, -0.15) is 0 Å². The lowest BCUT2D eigenvalue weighted by atomic mass is 10.2. The number of hydrogen-bond acceptors (Lipinski definition) is 4. The Balaban J connectivity index is 3.63. The Bertz CT molecular complexity index is 418. The van der Waals surface area contributed by atoms with Crippen molar-refractivity contribution in [3.8, 4) is 24.2 Å². The van der Waals surface area contributed by atoms with E-state index in [0.29, 0.717) is 26.1 Å². The number of carbonyl (C=O) groups excluding carboxylic acids is 1. The van der Waals surface area contributed by atoms with Gasteiger partial charge in [-0.25, -0.2) is 4.79 Å². The zero-order valence-corrected chi connectivity index (χ0v) is 11.7. The van der Waals surface area contributed by atoms with Crippen molar-refractivity contribution in [1.82, 2.24) is 0 Å². The molecule has 0 saturated carbocycles. The van der Waals surface area contributed by atoms with E-state index >= 15 is 0 Å². The van der Waals surface area contributed by atoms with E-state index in [9.17, 15) is 9.90 Å². The lowest BCUT2D eigenvalue weighted by Gasteiger charge is -2.00. The highest BCUT2D eigenvalue weighted by molar-refractivity contribution is 5.70. The summed E-state index contributed by atoms with van der Waals surface area (Å²) < 4.78 is 9.77. The van der Waals surface area contributed by atoms with Crippen LogP contribution in [-0.4, -0.2) is 37.0 Å². The van der Waals surface area contributed by atoms with Gasteiger partial charge in [-0.05, 0) is 13.0 Å². The summed E-state index contributed by atoms with van der Waals surface area (Å²) >= 11 is 0. The fourth-order valence-electron chi connectivity index (χ4n) is 1.10. The minimum Gasteiger partial charge on any atom is -0.464 e. The van der Waals surface area contributed by atoms with Crippen molar-refractivity contribution in [2.24, 2.45) is 0 Å². The van der Waals surface area contributed by atoms with Crippen molar-refractivity contribution >= 4 is 5.97 Å². The molecular formula is C16H20O4. The molecule has 0 rings (SSSR count). The molecule has 0 aromatic heterocycles. The van der Waals surface area contributed by atoms with Crippen LogP contribution in [-0.2, 0) is 14.3 Å². The van der Waals surface area contributed by atoms with Crippen molar-refractivity contribution in [3.05, 3.63) is 24.3 Å². The van der Waals surface area contributed by atoms with Crippen LogP contribution in [0, 0.1) is 24.2 Å². The van der Waals surface area contributed by atoms with Gasteiger partial charge in [0, 0.05) is 12.8 Å². The second kappa shape index (κ2) is 13.4. The quantitative estimate of drug-likeness (QED) is 0.315. The first-order valence-electron chi connectivity index (χ1n) is 6.37. The van der Waals surface area contributed by atoms with Crippen LogP contribution >= 0.6 is 0 Å². The topological polar surface area (TPSA) is 55.8 Å². The summed E-state index contributed by atoms with van der Waals surface area (Å²) in [5.41, 5.74) is 0. The maximum absolute atomic E-state index is 10.9. The largest absolute Gasteiger partial charge is 0.464 e. The minimum absolute atomic E-state index is 0.0405. The molecular weight excluding hydrogens is 256 g/mol. The van der Waals surface area contributed by atoms with Gasteiger partial charge in [-0.3, -0.25) is 0 Å². The van der Waals surface area contributed by atoms with E-state index in [-0.39, 0.29) is 12.6 Å². The monoisotopic (exact) mass is 276 g/mol. The first kappa shape index (κ1) is 18.0. The normalized spacial score (nSPS) is 11.8. The summed E-state index contributed by atoms with van der Waals surface area (Å²) in [5.74, 6) is 7.67. The number of rotatable bonds is 8. The SMILES string of the molecule is C#CC[C@@H](O)/C=C/C=C/C#CCCOCC(=O)OCC. The van der Waals surface area contributed by atoms with Gasteiger partial charge < -0.3 is 14.6 Å². The van der Waals surface area contributed by atoms with Gasteiger partial charge in [-0.1, -0.05) is 30.1 Å². The lowest BCUT2D eigenvalue weighted by Crippen LogP contribution is -2.12. The molecule has 0 unspecified atom stereocenters. The third-order valence-electron chi connectivity index (χ3n) is 1.95. The van der Waals surface area contributed by atoms with Gasteiger partial charge in [0.15, 0.2) is 0 Å². The molecule has 0 aromatic carbocycles. The molecule has 0 heterocycles. The molecule has 0 spiro atoms. The maximum atomic E-state index is 10.9. The number of terminal acetylenes is 1. The molecule has 0 fully saturated rings. The third-order valence-corrected chi connectivity index (χ3v) is 1.95. The van der Waals surface area contributed by atoms with E-state index in [1.165, 1.54) is 0 Å². The predicted molar refractivity (Wildman–Crippen MR) is 77.6 cm³/mol. The summed E-state index contributed by atoms with van der Waals surface area (Å²) in [5, 5.41) is 9.28. The number of aliphatic hydroxyl groups is 1. The maximum Gasteiger partial charge on any atom is 0.332 e. The Kier molecular flexibility index (Phi) is 12.1. The average Bonchev–Trinajstić information content (AvgIpc) is 2.41. The van der Waals surface area contributed by atoms with Gasteiger partial charge in [0.2, 0.25) is 0 Å². The molecule has 4 nitrogen and oxygen atoms in total. The first-order valence-corrected chi connectivity index (χ1v) is 6.37. The Morgan fingerprint density at radius 3 is 2.95 bits per heavy atom. The molecule has 20 heavy (non-hydrogen) atoms.